The molecule has 0 radical (unpaired) electrons. The van der Waals surface area contributed by atoms with Crippen LogP contribution in [0.1, 0.15) is 52.6 Å². The van der Waals surface area contributed by atoms with Gasteiger partial charge in [0.15, 0.2) is 15.6 Å². The number of aromatic hydroxyl groups is 1. The van der Waals surface area contributed by atoms with Crippen LogP contribution in [0.2, 0.25) is 0 Å². The number of carbonyl (C=O) groups is 1. The number of aryl methyl sites for hydroxylation is 1. The first-order chi connectivity index (χ1) is 15.8. The molecule has 1 atom stereocenters. The van der Waals surface area contributed by atoms with Crippen molar-refractivity contribution in [3.05, 3.63) is 95.1 Å². The van der Waals surface area contributed by atoms with Crippen LogP contribution in [0.15, 0.2) is 77.7 Å². The molecule has 0 amide bonds. The Morgan fingerprint density at radius 1 is 0.939 bits per heavy atom. The van der Waals surface area contributed by atoms with Crippen molar-refractivity contribution in [1.29, 1.82) is 0 Å². The van der Waals surface area contributed by atoms with Crippen molar-refractivity contribution in [1.82, 2.24) is 4.90 Å². The van der Waals surface area contributed by atoms with E-state index in [0.717, 1.165) is 18.7 Å². The molecular formula is C27H31NO4S. The molecule has 0 saturated carbocycles. The van der Waals surface area contributed by atoms with E-state index in [1.54, 1.807) is 60.7 Å². The van der Waals surface area contributed by atoms with Gasteiger partial charge in [0.2, 0.25) is 0 Å². The number of phenolic OH excluding ortho intramolecular Hbond substituents is 1. The summed E-state index contributed by atoms with van der Waals surface area (Å²) in [6.45, 7) is 8.07. The Labute approximate surface area is 196 Å². The summed E-state index contributed by atoms with van der Waals surface area (Å²) < 4.78 is 27.4. The third-order valence-electron chi connectivity index (χ3n) is 5.95. The summed E-state index contributed by atoms with van der Waals surface area (Å²) in [5, 5.41) is 9.36. The fraction of sp³-hybridized carbons (Fsp3) is 0.296. The molecule has 0 aliphatic rings. The average Bonchev–Trinajstić information content (AvgIpc) is 2.82. The standard InChI is InChI=1S/C27H31NO4S/c1-4-28(5-2)19-23-17-22(13-16-25(23)29)27(18-26(30)21-9-7-6-8-10-21)33(31,32)24-14-11-20(3)12-15-24/h6-17,27,29H,4-5,18-19H2,1-3H3/t27-/m0/s1. The van der Waals surface area contributed by atoms with E-state index in [1.807, 2.05) is 26.8 Å². The quantitative estimate of drug-likeness (QED) is 0.410. The van der Waals surface area contributed by atoms with E-state index in [1.165, 1.54) is 6.07 Å². The van der Waals surface area contributed by atoms with Gasteiger partial charge < -0.3 is 5.11 Å². The molecule has 0 bridgehead atoms. The molecule has 3 rings (SSSR count). The van der Waals surface area contributed by atoms with Crippen LogP contribution < -0.4 is 0 Å². The molecule has 5 nitrogen and oxygen atoms in total. The zero-order chi connectivity index (χ0) is 24.0. The number of rotatable bonds is 10. The minimum atomic E-state index is -3.86. The molecule has 0 heterocycles. The molecule has 174 valence electrons. The van der Waals surface area contributed by atoms with Crippen LogP contribution in [-0.4, -0.2) is 37.3 Å². The summed E-state index contributed by atoms with van der Waals surface area (Å²) >= 11 is 0. The maximum atomic E-state index is 13.7. The van der Waals surface area contributed by atoms with Crippen molar-refractivity contribution in [2.75, 3.05) is 13.1 Å². The van der Waals surface area contributed by atoms with Gasteiger partial charge >= 0.3 is 0 Å². The van der Waals surface area contributed by atoms with E-state index >= 15 is 0 Å². The summed E-state index contributed by atoms with van der Waals surface area (Å²) in [4.78, 5) is 15.4. The molecule has 0 aromatic heterocycles. The molecule has 0 saturated heterocycles. The number of ketones is 1. The van der Waals surface area contributed by atoms with Crippen molar-refractivity contribution in [3.8, 4) is 5.75 Å². The van der Waals surface area contributed by atoms with Gasteiger partial charge in [-0.05, 0) is 49.8 Å². The first-order valence-corrected chi connectivity index (χ1v) is 12.7. The van der Waals surface area contributed by atoms with E-state index in [2.05, 4.69) is 4.90 Å². The normalized spacial score (nSPS) is 12.6. The van der Waals surface area contributed by atoms with Crippen LogP contribution in [0.25, 0.3) is 0 Å². The molecule has 33 heavy (non-hydrogen) atoms. The lowest BCUT2D eigenvalue weighted by Crippen LogP contribution is -2.23. The largest absolute Gasteiger partial charge is 0.508 e. The number of nitrogens with zero attached hydrogens (tertiary/aromatic N) is 1. The van der Waals surface area contributed by atoms with E-state index in [-0.39, 0.29) is 22.8 Å². The number of carbonyl (C=O) groups excluding carboxylic acids is 1. The van der Waals surface area contributed by atoms with Gasteiger partial charge in [-0.1, -0.05) is 67.9 Å². The number of hydrogen-bond donors (Lipinski definition) is 1. The molecule has 1 N–H and O–H groups in total. The molecule has 6 heteroatoms. The van der Waals surface area contributed by atoms with Gasteiger partial charge in [0, 0.05) is 24.1 Å². The van der Waals surface area contributed by atoms with Crippen LogP contribution in [0, 0.1) is 6.92 Å². The third-order valence-corrected chi connectivity index (χ3v) is 8.07. The Morgan fingerprint density at radius 3 is 2.18 bits per heavy atom. The SMILES string of the molecule is CCN(CC)Cc1cc([C@H](CC(=O)c2ccccc2)S(=O)(=O)c2ccc(C)cc2)ccc1O. The van der Waals surface area contributed by atoms with Crippen molar-refractivity contribution < 1.29 is 18.3 Å². The van der Waals surface area contributed by atoms with Gasteiger partial charge in [-0.15, -0.1) is 0 Å². The van der Waals surface area contributed by atoms with Crippen LogP contribution >= 0.6 is 0 Å². The highest BCUT2D eigenvalue weighted by Gasteiger charge is 2.32. The van der Waals surface area contributed by atoms with Gasteiger partial charge in [-0.25, -0.2) is 8.42 Å². The second-order valence-corrected chi connectivity index (χ2v) is 10.3. The van der Waals surface area contributed by atoms with Crippen LogP contribution in [0.5, 0.6) is 5.75 Å². The molecule has 0 aliphatic carbocycles. The van der Waals surface area contributed by atoms with Crippen LogP contribution in [0.4, 0.5) is 0 Å². The maximum Gasteiger partial charge on any atom is 0.185 e. The second kappa shape index (κ2) is 10.8. The third kappa shape index (κ3) is 5.89. The zero-order valence-corrected chi connectivity index (χ0v) is 20.2. The number of phenols is 1. The summed E-state index contributed by atoms with van der Waals surface area (Å²) in [7, 11) is -3.86. The van der Waals surface area contributed by atoms with Crippen LogP contribution in [-0.2, 0) is 16.4 Å². The molecule has 3 aromatic carbocycles. The molecule has 0 aliphatic heterocycles. The minimum absolute atomic E-state index is 0.117. The fourth-order valence-electron chi connectivity index (χ4n) is 3.83. The monoisotopic (exact) mass is 465 g/mol. The summed E-state index contributed by atoms with van der Waals surface area (Å²) in [5.74, 6) is -0.124. The lowest BCUT2D eigenvalue weighted by atomic mass is 10.00. The molecule has 0 unspecified atom stereocenters. The molecule has 0 fully saturated rings. The zero-order valence-electron chi connectivity index (χ0n) is 19.4. The number of sulfone groups is 1. The summed E-state index contributed by atoms with van der Waals surface area (Å²) in [6, 6.07) is 20.3. The van der Waals surface area contributed by atoms with E-state index < -0.39 is 15.1 Å². The Morgan fingerprint density at radius 2 is 1.58 bits per heavy atom. The molecule has 0 spiro atoms. The lowest BCUT2D eigenvalue weighted by molar-refractivity contribution is 0.0980. The van der Waals surface area contributed by atoms with Gasteiger partial charge in [-0.2, -0.15) is 0 Å². The molecular weight excluding hydrogens is 434 g/mol. The summed E-state index contributed by atoms with van der Waals surface area (Å²) in [5.41, 5.74) is 2.58. The number of hydrogen-bond acceptors (Lipinski definition) is 5. The van der Waals surface area contributed by atoms with Gasteiger partial charge in [0.05, 0.1) is 10.1 Å². The predicted molar refractivity (Wildman–Crippen MR) is 131 cm³/mol. The Kier molecular flexibility index (Phi) is 8.06. The van der Waals surface area contributed by atoms with E-state index in [9.17, 15) is 18.3 Å². The van der Waals surface area contributed by atoms with Crippen molar-refractivity contribution in [2.24, 2.45) is 0 Å². The maximum absolute atomic E-state index is 13.7. The lowest BCUT2D eigenvalue weighted by Gasteiger charge is -2.22. The first kappa shape index (κ1) is 24.7. The second-order valence-electron chi connectivity index (χ2n) is 8.19. The highest BCUT2D eigenvalue weighted by molar-refractivity contribution is 7.91. The average molecular weight is 466 g/mol. The highest BCUT2D eigenvalue weighted by atomic mass is 32.2. The number of benzene rings is 3. The Balaban J connectivity index is 2.07. The van der Waals surface area contributed by atoms with Crippen LogP contribution in [0.3, 0.4) is 0 Å². The van der Waals surface area contributed by atoms with Crippen molar-refractivity contribution >= 4 is 15.6 Å². The van der Waals surface area contributed by atoms with Crippen molar-refractivity contribution in [3.63, 3.8) is 0 Å². The minimum Gasteiger partial charge on any atom is -0.508 e. The number of Topliss-reactive ketones (excluding diaryl/α,β-unsaturated/α-hetero) is 1. The van der Waals surface area contributed by atoms with Crippen molar-refractivity contribution in [2.45, 2.75) is 43.9 Å². The Hall–Kier alpha value is -2.96. The van der Waals surface area contributed by atoms with E-state index in [0.29, 0.717) is 23.2 Å². The van der Waals surface area contributed by atoms with Gasteiger partial charge in [-0.3, -0.25) is 9.69 Å². The fourth-order valence-corrected chi connectivity index (χ4v) is 5.55. The Bertz CT molecular complexity index is 1180. The van der Waals surface area contributed by atoms with Gasteiger partial charge in [0.1, 0.15) is 5.75 Å². The summed E-state index contributed by atoms with van der Waals surface area (Å²) in [6.07, 6.45) is -0.185. The van der Waals surface area contributed by atoms with E-state index in [4.69, 9.17) is 0 Å². The molecule has 3 aromatic rings. The van der Waals surface area contributed by atoms with Gasteiger partial charge in [0.25, 0.3) is 0 Å². The first-order valence-electron chi connectivity index (χ1n) is 11.2. The topological polar surface area (TPSA) is 74.7 Å². The smallest absolute Gasteiger partial charge is 0.185 e. The predicted octanol–water partition coefficient (Wildman–Crippen LogP) is 5.33. The highest BCUT2D eigenvalue weighted by Crippen LogP contribution is 2.35.